The van der Waals surface area contributed by atoms with E-state index in [0.717, 1.165) is 30.0 Å². The molecule has 3 fully saturated rings. The van der Waals surface area contributed by atoms with Crippen LogP contribution in [-0.4, -0.2) is 36.1 Å². The molecule has 3 aliphatic heterocycles. The van der Waals surface area contributed by atoms with E-state index in [0.29, 0.717) is 0 Å². The molecule has 2 unspecified atom stereocenters. The van der Waals surface area contributed by atoms with Crippen molar-refractivity contribution in [2.75, 3.05) is 13.1 Å². The second kappa shape index (κ2) is 10.6. The van der Waals surface area contributed by atoms with E-state index in [9.17, 15) is 0 Å². The fourth-order valence-electron chi connectivity index (χ4n) is 4.22. The molecule has 0 aromatic heterocycles. The minimum Gasteiger partial charge on any atom is -0.311 e. The normalized spacial score (nSPS) is 32.0. The van der Waals surface area contributed by atoms with Gasteiger partial charge in [-0.05, 0) is 77.3 Å². The van der Waals surface area contributed by atoms with Gasteiger partial charge in [-0.15, -0.1) is 0 Å². The van der Waals surface area contributed by atoms with Gasteiger partial charge in [-0.1, -0.05) is 34.1 Å². The Morgan fingerprint density at radius 2 is 1.45 bits per heavy atom. The third-order valence-electron chi connectivity index (χ3n) is 5.67. The highest BCUT2D eigenvalue weighted by Gasteiger charge is 2.30. The Balaban J connectivity index is 0.000000200. The summed E-state index contributed by atoms with van der Waals surface area (Å²) < 4.78 is 0. The van der Waals surface area contributed by atoms with Gasteiger partial charge in [0.25, 0.3) is 0 Å². The first-order valence-corrected chi connectivity index (χ1v) is 10.1. The molecule has 0 spiro atoms. The molecule has 0 aliphatic carbocycles. The summed E-state index contributed by atoms with van der Waals surface area (Å²) in [6.45, 7) is 16.0. The first-order valence-electron chi connectivity index (χ1n) is 10.1. The van der Waals surface area contributed by atoms with Gasteiger partial charge in [0.1, 0.15) is 0 Å². The van der Waals surface area contributed by atoms with Crippen molar-refractivity contribution >= 4 is 0 Å². The lowest BCUT2D eigenvalue weighted by Crippen LogP contribution is -2.38. The molecule has 0 amide bonds. The van der Waals surface area contributed by atoms with Crippen LogP contribution < -0.4 is 5.32 Å². The van der Waals surface area contributed by atoms with E-state index in [2.05, 4.69) is 37.9 Å². The van der Waals surface area contributed by atoms with Crippen molar-refractivity contribution in [3.63, 3.8) is 0 Å². The summed E-state index contributed by atoms with van der Waals surface area (Å²) in [5.74, 6) is 2.01. The molecule has 22 heavy (non-hydrogen) atoms. The van der Waals surface area contributed by atoms with Crippen LogP contribution in [-0.2, 0) is 0 Å². The van der Waals surface area contributed by atoms with E-state index >= 15 is 0 Å². The lowest BCUT2D eigenvalue weighted by Gasteiger charge is -2.34. The maximum Gasteiger partial charge on any atom is 0.00727 e. The zero-order chi connectivity index (χ0) is 16.5. The van der Waals surface area contributed by atoms with Crippen molar-refractivity contribution in [1.29, 1.82) is 0 Å². The molecule has 0 aromatic carbocycles. The van der Waals surface area contributed by atoms with Gasteiger partial charge in [0, 0.05) is 18.1 Å². The van der Waals surface area contributed by atoms with Gasteiger partial charge in [-0.2, -0.15) is 0 Å². The summed E-state index contributed by atoms with van der Waals surface area (Å²) in [6, 6.07) is 2.53. The molecule has 0 aromatic rings. The van der Waals surface area contributed by atoms with Crippen LogP contribution in [0.25, 0.3) is 0 Å². The fraction of sp³-hybridized carbons (Fsp3) is 1.00. The van der Waals surface area contributed by atoms with Gasteiger partial charge in [-0.3, -0.25) is 0 Å². The summed E-state index contributed by atoms with van der Waals surface area (Å²) in [4.78, 5) is 2.59. The smallest absolute Gasteiger partial charge is 0.00727 e. The molecule has 1 N–H and O–H groups in total. The number of fused-ring (bicyclic) bond motifs is 2. The molecule has 3 aliphatic rings. The van der Waals surface area contributed by atoms with Crippen LogP contribution in [0.1, 0.15) is 86.5 Å². The maximum absolute atomic E-state index is 3.62. The molecule has 0 radical (unpaired) electrons. The lowest BCUT2D eigenvalue weighted by molar-refractivity contribution is 0.148. The largest absolute Gasteiger partial charge is 0.311 e. The summed E-state index contributed by atoms with van der Waals surface area (Å²) in [5, 5.41) is 3.62. The molecule has 3 heterocycles. The first kappa shape index (κ1) is 20.0. The standard InChI is InChI=1S/C10H21N.C8H15N.C2H6/c1-4-10-5-7-11(8-6-10)9(2)3;1-6-4-7-2-3-8(5-6)9-7;1-2/h9-10H,4-8H2,1-3H3;6-9H,2-5H2,1H3;1-2H3. The molecule has 132 valence electrons. The third kappa shape index (κ3) is 6.58. The molecule has 0 saturated carbocycles. The summed E-state index contributed by atoms with van der Waals surface area (Å²) >= 11 is 0. The topological polar surface area (TPSA) is 15.3 Å². The Labute approximate surface area is 140 Å². The second-order valence-electron chi connectivity index (χ2n) is 7.70. The van der Waals surface area contributed by atoms with Crippen LogP contribution >= 0.6 is 0 Å². The average Bonchev–Trinajstić information content (AvgIpc) is 2.89. The van der Waals surface area contributed by atoms with Crippen molar-refractivity contribution in [3.8, 4) is 0 Å². The van der Waals surface area contributed by atoms with Gasteiger partial charge in [0.05, 0.1) is 0 Å². The highest BCUT2D eigenvalue weighted by atomic mass is 15.1. The Bertz CT molecular complexity index is 257. The van der Waals surface area contributed by atoms with E-state index in [1.54, 1.807) is 0 Å². The summed E-state index contributed by atoms with van der Waals surface area (Å²) in [7, 11) is 0. The quantitative estimate of drug-likeness (QED) is 0.765. The van der Waals surface area contributed by atoms with Gasteiger partial charge in [0.2, 0.25) is 0 Å². The van der Waals surface area contributed by atoms with Gasteiger partial charge >= 0.3 is 0 Å². The number of nitrogens with one attached hydrogen (secondary N) is 1. The van der Waals surface area contributed by atoms with Crippen molar-refractivity contribution < 1.29 is 0 Å². The molecular weight excluding hydrogens is 268 g/mol. The van der Waals surface area contributed by atoms with Crippen LogP contribution in [0.2, 0.25) is 0 Å². The zero-order valence-corrected chi connectivity index (χ0v) is 16.2. The number of hydrogen-bond donors (Lipinski definition) is 1. The van der Waals surface area contributed by atoms with Crippen LogP contribution in [0.15, 0.2) is 0 Å². The molecule has 3 saturated heterocycles. The molecule has 2 atom stereocenters. The van der Waals surface area contributed by atoms with Crippen LogP contribution in [0.5, 0.6) is 0 Å². The van der Waals surface area contributed by atoms with Crippen molar-refractivity contribution in [1.82, 2.24) is 10.2 Å². The SMILES string of the molecule is CC.CC1CC2CCC(C1)N2.CCC1CCN(C(C)C)CC1. The maximum atomic E-state index is 3.62. The second-order valence-corrected chi connectivity index (χ2v) is 7.70. The highest BCUT2D eigenvalue weighted by molar-refractivity contribution is 4.90. The minimum atomic E-state index is 0.757. The number of piperidine rings is 2. The highest BCUT2D eigenvalue weighted by Crippen LogP contribution is 2.30. The van der Waals surface area contributed by atoms with E-state index in [-0.39, 0.29) is 0 Å². The van der Waals surface area contributed by atoms with E-state index in [1.807, 2.05) is 13.8 Å². The van der Waals surface area contributed by atoms with Gasteiger partial charge in [0.15, 0.2) is 0 Å². The van der Waals surface area contributed by atoms with E-state index in [1.165, 1.54) is 58.0 Å². The predicted octanol–water partition coefficient (Wildman–Crippen LogP) is 5.08. The monoisotopic (exact) mass is 310 g/mol. The van der Waals surface area contributed by atoms with Crippen LogP contribution in [0.4, 0.5) is 0 Å². The number of nitrogens with zero attached hydrogens (tertiary/aromatic N) is 1. The Morgan fingerprint density at radius 1 is 0.955 bits per heavy atom. The molecule has 3 rings (SSSR count). The fourth-order valence-corrected chi connectivity index (χ4v) is 4.22. The number of rotatable bonds is 2. The summed E-state index contributed by atoms with van der Waals surface area (Å²) in [5.41, 5.74) is 0. The van der Waals surface area contributed by atoms with Crippen molar-refractivity contribution in [2.24, 2.45) is 11.8 Å². The van der Waals surface area contributed by atoms with E-state index in [4.69, 9.17) is 0 Å². The third-order valence-corrected chi connectivity index (χ3v) is 5.67. The first-order chi connectivity index (χ1) is 10.6. The summed E-state index contributed by atoms with van der Waals surface area (Å²) in [6.07, 6.45) is 9.96. The van der Waals surface area contributed by atoms with Gasteiger partial charge < -0.3 is 10.2 Å². The van der Waals surface area contributed by atoms with Gasteiger partial charge in [-0.25, -0.2) is 0 Å². The Morgan fingerprint density at radius 3 is 1.86 bits per heavy atom. The van der Waals surface area contributed by atoms with E-state index < -0.39 is 0 Å². The van der Waals surface area contributed by atoms with Crippen molar-refractivity contribution in [2.45, 2.75) is 105 Å². The predicted molar refractivity (Wildman–Crippen MR) is 99.4 cm³/mol. The Hall–Kier alpha value is -0.0800. The lowest BCUT2D eigenvalue weighted by atomic mass is 9.94. The molecule has 2 heteroatoms. The Kier molecular flexibility index (Phi) is 9.66. The molecule has 2 nitrogen and oxygen atoms in total. The van der Waals surface area contributed by atoms with Crippen molar-refractivity contribution in [3.05, 3.63) is 0 Å². The van der Waals surface area contributed by atoms with Crippen LogP contribution in [0, 0.1) is 11.8 Å². The number of hydrogen-bond acceptors (Lipinski definition) is 2. The molecule has 2 bridgehead atoms. The molecular formula is C20H42N2. The van der Waals surface area contributed by atoms with Crippen LogP contribution in [0.3, 0.4) is 0 Å². The number of likely N-dealkylation sites (tertiary alicyclic amines) is 1. The zero-order valence-electron chi connectivity index (χ0n) is 16.2. The average molecular weight is 311 g/mol. The minimum absolute atomic E-state index is 0.757.